The fourth-order valence-electron chi connectivity index (χ4n) is 2.73. The molecule has 0 heterocycles. The summed E-state index contributed by atoms with van der Waals surface area (Å²) >= 11 is 5.83. The van der Waals surface area contributed by atoms with Gasteiger partial charge in [0, 0.05) is 17.3 Å². The summed E-state index contributed by atoms with van der Waals surface area (Å²) in [6, 6.07) is 4.95. The lowest BCUT2D eigenvalue weighted by molar-refractivity contribution is 0.0698. The average Bonchev–Trinajstić information content (AvgIpc) is 2.41. The monoisotopic (exact) mass is 281 g/mol. The Kier molecular flexibility index (Phi) is 5.08. The molecule has 2 rings (SSSR count). The fraction of sp³-hybridized carbons (Fsp3) is 0.533. The van der Waals surface area contributed by atoms with Crippen molar-refractivity contribution in [2.45, 2.75) is 38.5 Å². The van der Waals surface area contributed by atoms with E-state index in [4.69, 9.17) is 16.7 Å². The molecule has 0 amide bonds. The molecule has 4 heteroatoms. The molecule has 1 aliphatic carbocycles. The SMILES string of the molecule is O=C(O)c1cc(Cl)ccc1NCCC1CCCCC1. The van der Waals surface area contributed by atoms with Crippen LogP contribution in [0.5, 0.6) is 0 Å². The molecule has 0 aromatic heterocycles. The van der Waals surface area contributed by atoms with Crippen molar-refractivity contribution in [1.29, 1.82) is 0 Å². The van der Waals surface area contributed by atoms with Gasteiger partial charge in [-0.05, 0) is 30.5 Å². The molecule has 0 bridgehead atoms. The number of carbonyl (C=O) groups is 1. The van der Waals surface area contributed by atoms with Gasteiger partial charge < -0.3 is 10.4 Å². The Balaban J connectivity index is 1.89. The zero-order chi connectivity index (χ0) is 13.7. The van der Waals surface area contributed by atoms with E-state index >= 15 is 0 Å². The molecule has 0 unspecified atom stereocenters. The second-order valence-electron chi connectivity index (χ2n) is 5.21. The summed E-state index contributed by atoms with van der Waals surface area (Å²) in [7, 11) is 0. The third-order valence-corrected chi connectivity index (χ3v) is 4.04. The lowest BCUT2D eigenvalue weighted by Gasteiger charge is -2.21. The topological polar surface area (TPSA) is 49.3 Å². The Labute approximate surface area is 119 Å². The Bertz CT molecular complexity index is 442. The Morgan fingerprint density at radius 3 is 2.74 bits per heavy atom. The van der Waals surface area contributed by atoms with E-state index in [9.17, 15) is 4.79 Å². The highest BCUT2D eigenvalue weighted by atomic mass is 35.5. The highest BCUT2D eigenvalue weighted by Gasteiger charge is 2.14. The summed E-state index contributed by atoms with van der Waals surface area (Å²) in [4.78, 5) is 11.1. The molecule has 1 aromatic carbocycles. The van der Waals surface area contributed by atoms with Gasteiger partial charge >= 0.3 is 5.97 Å². The third-order valence-electron chi connectivity index (χ3n) is 3.80. The highest BCUT2D eigenvalue weighted by molar-refractivity contribution is 6.31. The Morgan fingerprint density at radius 1 is 1.32 bits per heavy atom. The molecule has 1 fully saturated rings. The number of nitrogens with one attached hydrogen (secondary N) is 1. The fourth-order valence-corrected chi connectivity index (χ4v) is 2.91. The zero-order valence-electron chi connectivity index (χ0n) is 11.0. The van der Waals surface area contributed by atoms with Crippen LogP contribution in [-0.2, 0) is 0 Å². The number of hydrogen-bond acceptors (Lipinski definition) is 2. The van der Waals surface area contributed by atoms with Gasteiger partial charge in [-0.15, -0.1) is 0 Å². The maximum Gasteiger partial charge on any atom is 0.337 e. The summed E-state index contributed by atoms with van der Waals surface area (Å²) in [5.41, 5.74) is 0.906. The van der Waals surface area contributed by atoms with Gasteiger partial charge in [-0.1, -0.05) is 43.7 Å². The van der Waals surface area contributed by atoms with Gasteiger partial charge in [0.2, 0.25) is 0 Å². The minimum atomic E-state index is -0.942. The van der Waals surface area contributed by atoms with E-state index in [-0.39, 0.29) is 5.56 Å². The van der Waals surface area contributed by atoms with Gasteiger partial charge in [-0.3, -0.25) is 0 Å². The summed E-state index contributed by atoms with van der Waals surface area (Å²) in [5, 5.41) is 12.8. The van der Waals surface area contributed by atoms with Crippen molar-refractivity contribution in [2.75, 3.05) is 11.9 Å². The van der Waals surface area contributed by atoms with E-state index in [1.807, 2.05) is 0 Å². The molecule has 0 radical (unpaired) electrons. The van der Waals surface area contributed by atoms with Crippen LogP contribution in [-0.4, -0.2) is 17.6 Å². The molecule has 0 atom stereocenters. The molecule has 104 valence electrons. The maximum atomic E-state index is 11.1. The van der Waals surface area contributed by atoms with E-state index in [1.165, 1.54) is 38.2 Å². The van der Waals surface area contributed by atoms with E-state index in [2.05, 4.69) is 5.32 Å². The van der Waals surface area contributed by atoms with Crippen LogP contribution in [0.25, 0.3) is 0 Å². The molecule has 19 heavy (non-hydrogen) atoms. The summed E-state index contributed by atoms with van der Waals surface area (Å²) in [6.45, 7) is 0.826. The van der Waals surface area contributed by atoms with Crippen molar-refractivity contribution in [3.63, 3.8) is 0 Å². The summed E-state index contributed by atoms with van der Waals surface area (Å²) in [5.74, 6) is -0.149. The number of aromatic carboxylic acids is 1. The third kappa shape index (κ3) is 4.13. The molecule has 1 aromatic rings. The van der Waals surface area contributed by atoms with Gasteiger partial charge in [-0.25, -0.2) is 4.79 Å². The molecule has 0 saturated heterocycles. The molecule has 0 aliphatic heterocycles. The predicted molar refractivity (Wildman–Crippen MR) is 78.1 cm³/mol. The second-order valence-corrected chi connectivity index (χ2v) is 5.65. The van der Waals surface area contributed by atoms with Crippen LogP contribution in [0.2, 0.25) is 5.02 Å². The van der Waals surface area contributed by atoms with Crippen molar-refractivity contribution in [1.82, 2.24) is 0 Å². The van der Waals surface area contributed by atoms with Crippen LogP contribution in [0, 0.1) is 5.92 Å². The van der Waals surface area contributed by atoms with Crippen LogP contribution < -0.4 is 5.32 Å². The maximum absolute atomic E-state index is 11.1. The van der Waals surface area contributed by atoms with E-state index in [0.717, 1.165) is 18.9 Å². The van der Waals surface area contributed by atoms with Crippen molar-refractivity contribution >= 4 is 23.3 Å². The number of halogens is 1. The smallest absolute Gasteiger partial charge is 0.337 e. The number of carboxylic acids is 1. The first-order valence-corrected chi connectivity index (χ1v) is 7.31. The minimum absolute atomic E-state index is 0.246. The Hall–Kier alpha value is -1.22. The number of rotatable bonds is 5. The van der Waals surface area contributed by atoms with Crippen molar-refractivity contribution in [3.8, 4) is 0 Å². The van der Waals surface area contributed by atoms with Gasteiger partial charge in [0.1, 0.15) is 0 Å². The normalized spacial score (nSPS) is 16.3. The lowest BCUT2D eigenvalue weighted by atomic mass is 9.87. The van der Waals surface area contributed by atoms with Crippen LogP contribution in [0.3, 0.4) is 0 Å². The first-order chi connectivity index (χ1) is 9.16. The Morgan fingerprint density at radius 2 is 2.05 bits per heavy atom. The van der Waals surface area contributed by atoms with Crippen LogP contribution in [0.15, 0.2) is 18.2 Å². The number of benzene rings is 1. The van der Waals surface area contributed by atoms with Crippen LogP contribution in [0.4, 0.5) is 5.69 Å². The number of hydrogen-bond donors (Lipinski definition) is 2. The van der Waals surface area contributed by atoms with E-state index in [1.54, 1.807) is 12.1 Å². The first-order valence-electron chi connectivity index (χ1n) is 6.93. The molecular weight excluding hydrogens is 262 g/mol. The summed E-state index contributed by atoms with van der Waals surface area (Å²) < 4.78 is 0. The van der Waals surface area contributed by atoms with Gasteiger partial charge in [-0.2, -0.15) is 0 Å². The van der Waals surface area contributed by atoms with Crippen molar-refractivity contribution in [3.05, 3.63) is 28.8 Å². The highest BCUT2D eigenvalue weighted by Crippen LogP contribution is 2.27. The molecule has 1 saturated carbocycles. The number of anilines is 1. The van der Waals surface area contributed by atoms with Gasteiger partial charge in [0.05, 0.1) is 5.56 Å². The van der Waals surface area contributed by atoms with Crippen LogP contribution in [0.1, 0.15) is 48.9 Å². The average molecular weight is 282 g/mol. The standard InChI is InChI=1S/C15H20ClNO2/c16-12-6-7-14(13(10-12)15(18)19)17-9-8-11-4-2-1-3-5-11/h6-7,10-11,17H,1-5,8-9H2,(H,18,19). The first kappa shape index (κ1) is 14.2. The lowest BCUT2D eigenvalue weighted by Crippen LogP contribution is -2.13. The van der Waals surface area contributed by atoms with Gasteiger partial charge in [0.15, 0.2) is 0 Å². The zero-order valence-corrected chi connectivity index (χ0v) is 11.7. The van der Waals surface area contributed by atoms with Crippen molar-refractivity contribution < 1.29 is 9.90 Å². The molecule has 0 spiro atoms. The van der Waals surface area contributed by atoms with Gasteiger partial charge in [0.25, 0.3) is 0 Å². The number of carboxylic acid groups (broad SMARTS) is 1. The van der Waals surface area contributed by atoms with Crippen LogP contribution >= 0.6 is 11.6 Å². The minimum Gasteiger partial charge on any atom is -0.478 e. The predicted octanol–water partition coefficient (Wildman–Crippen LogP) is 4.42. The van der Waals surface area contributed by atoms with Crippen molar-refractivity contribution in [2.24, 2.45) is 5.92 Å². The van der Waals surface area contributed by atoms with E-state index in [0.29, 0.717) is 10.7 Å². The molecule has 2 N–H and O–H groups in total. The molecule has 3 nitrogen and oxygen atoms in total. The second kappa shape index (κ2) is 6.80. The largest absolute Gasteiger partial charge is 0.478 e. The molecular formula is C15H20ClNO2. The quantitative estimate of drug-likeness (QED) is 0.840. The van der Waals surface area contributed by atoms with E-state index < -0.39 is 5.97 Å². The molecule has 1 aliphatic rings. The summed E-state index contributed by atoms with van der Waals surface area (Å²) in [6.07, 6.45) is 7.78.